The Morgan fingerprint density at radius 2 is 0.571 bits per heavy atom. The second-order valence-electron chi connectivity index (χ2n) is 8.09. The zero-order chi connectivity index (χ0) is 22.3. The molecule has 0 saturated heterocycles. The van der Waals surface area contributed by atoms with Gasteiger partial charge in [-0.15, -0.1) is 0 Å². The van der Waals surface area contributed by atoms with Crippen molar-refractivity contribution in [3.8, 4) is 0 Å². The molecule has 0 rings (SSSR count). The molecule has 0 radical (unpaired) electrons. The Bertz CT molecular complexity index is 347. The van der Waals surface area contributed by atoms with Gasteiger partial charge in [-0.05, 0) is 0 Å². The molecule has 0 aliphatic carbocycles. The number of hydrogen-bond acceptors (Lipinski definition) is 6. The van der Waals surface area contributed by atoms with Gasteiger partial charge < -0.3 is 0 Å². The van der Waals surface area contributed by atoms with Crippen molar-refractivity contribution >= 4 is 25.7 Å². The van der Waals surface area contributed by atoms with Gasteiger partial charge in [-0.1, -0.05) is 0 Å². The molecule has 0 heterocycles. The van der Waals surface area contributed by atoms with Gasteiger partial charge in [0, 0.05) is 0 Å². The van der Waals surface area contributed by atoms with Crippen LogP contribution in [-0.2, 0) is 40.9 Å². The van der Waals surface area contributed by atoms with Gasteiger partial charge >= 0.3 is 186 Å². The summed E-state index contributed by atoms with van der Waals surface area (Å²) in [4.78, 5) is 0. The van der Waals surface area contributed by atoms with E-state index in [1.54, 1.807) is 0 Å². The van der Waals surface area contributed by atoms with Crippen LogP contribution in [-0.4, -0.2) is 36.6 Å². The van der Waals surface area contributed by atoms with E-state index in [1.165, 1.54) is 0 Å². The van der Waals surface area contributed by atoms with Gasteiger partial charge in [-0.2, -0.15) is 0 Å². The Kier molecular flexibility index (Phi) is 14.2. The average molecular weight is 605 g/mol. The van der Waals surface area contributed by atoms with Crippen LogP contribution < -0.4 is 0 Å². The third-order valence-corrected chi connectivity index (χ3v) is 33.8. The minimum absolute atomic E-state index is 0.0606. The van der Waals surface area contributed by atoms with Crippen LogP contribution in [0.2, 0.25) is 0 Å². The van der Waals surface area contributed by atoms with E-state index >= 15 is 0 Å². The van der Waals surface area contributed by atoms with Crippen LogP contribution in [0.5, 0.6) is 0 Å². The van der Waals surface area contributed by atoms with E-state index in [2.05, 4.69) is 13.4 Å². The van der Waals surface area contributed by atoms with Gasteiger partial charge in [0.05, 0.1) is 0 Å². The van der Waals surface area contributed by atoms with Gasteiger partial charge in [0.15, 0.2) is 0 Å². The maximum absolute atomic E-state index is 6.47. The molecule has 0 aliphatic heterocycles. The van der Waals surface area contributed by atoms with Crippen LogP contribution in [0.25, 0.3) is 0 Å². The molecule has 28 heavy (non-hydrogen) atoms. The summed E-state index contributed by atoms with van der Waals surface area (Å²) in [5, 5.41) is 0. The van der Waals surface area contributed by atoms with Gasteiger partial charge in [-0.25, -0.2) is 0 Å². The summed E-state index contributed by atoms with van der Waals surface area (Å²) >= 11 is 1.99. The first kappa shape index (κ1) is 29.8. The molecule has 0 aromatic carbocycles. The quantitative estimate of drug-likeness (QED) is 0.153. The number of rotatable bonds is 14. The second kappa shape index (κ2) is 13.3. The summed E-state index contributed by atoms with van der Waals surface area (Å²) in [6, 6.07) is 0. The molecule has 0 unspecified atom stereocenters. The van der Waals surface area contributed by atoms with Crippen molar-refractivity contribution in [3.05, 3.63) is 0 Å². The molecule has 0 aromatic rings. The summed E-state index contributed by atoms with van der Waals surface area (Å²) in [7, 11) is 0. The van der Waals surface area contributed by atoms with Crippen molar-refractivity contribution in [3.63, 3.8) is 0 Å². The van der Waals surface area contributed by atoms with Crippen molar-refractivity contribution in [2.45, 2.75) is 120 Å². The monoisotopic (exact) mass is 603 g/mol. The van der Waals surface area contributed by atoms with Crippen LogP contribution in [0, 0.1) is 0 Å². The molecule has 0 saturated carbocycles. The molecule has 6 nitrogen and oxygen atoms in total. The zero-order valence-electron chi connectivity index (χ0n) is 19.6. The fourth-order valence-corrected chi connectivity index (χ4v) is 32.0. The van der Waals surface area contributed by atoms with Crippen LogP contribution in [0.3, 0.4) is 0 Å². The third-order valence-electron chi connectivity index (χ3n) is 2.56. The van der Waals surface area contributed by atoms with Gasteiger partial charge in [0.1, 0.15) is 0 Å². The van der Waals surface area contributed by atoms with Crippen molar-refractivity contribution < 1.29 is 40.9 Å². The summed E-state index contributed by atoms with van der Waals surface area (Å²) in [6.45, 7) is 24.0. The first-order valence-corrected chi connectivity index (χ1v) is 21.3. The minimum atomic E-state index is -3.20. The molecule has 179 valence electrons. The first-order chi connectivity index (χ1) is 12.7. The Hall–Kier alpha value is 1.76. The number of hydrogen-bond donors (Lipinski definition) is 0. The van der Waals surface area contributed by atoms with E-state index in [-0.39, 0.29) is 36.6 Å². The standard InChI is InChI=1S/2C9H22O3P.BrH.Pd/c2*1-7(2)10-13(11-8(3)4)12-9(5)6;;/h2*7-9,13H,1-6H3;1H;/q2*+1;;-1/p-1. The maximum atomic E-state index is 6.47. The Morgan fingerprint density at radius 3 is 0.679 bits per heavy atom. The van der Waals surface area contributed by atoms with Crippen molar-refractivity contribution in [1.82, 2.24) is 0 Å². The topological polar surface area (TPSA) is 55.4 Å². The van der Waals surface area contributed by atoms with Gasteiger partial charge in [-0.3, -0.25) is 0 Å². The molecule has 0 aliphatic rings. The molecular weight excluding hydrogens is 560 g/mol. The summed E-state index contributed by atoms with van der Waals surface area (Å²) in [5.74, 6) is 0. The molecule has 10 heteroatoms. The van der Waals surface area contributed by atoms with Crippen LogP contribution in [0.15, 0.2) is 0 Å². The van der Waals surface area contributed by atoms with Crippen molar-refractivity contribution in [2.24, 2.45) is 0 Å². The summed E-state index contributed by atoms with van der Waals surface area (Å²) < 4.78 is 38.8. The van der Waals surface area contributed by atoms with E-state index in [1.807, 2.05) is 83.1 Å². The van der Waals surface area contributed by atoms with Crippen LogP contribution in [0.1, 0.15) is 83.1 Å². The first-order valence-electron chi connectivity index (χ1n) is 10.0. The van der Waals surface area contributed by atoms with E-state index in [4.69, 9.17) is 27.1 Å². The molecular formula is C18H44BrO6P2Pd. The third kappa shape index (κ3) is 10.4. The van der Waals surface area contributed by atoms with Crippen molar-refractivity contribution in [2.75, 3.05) is 0 Å². The van der Waals surface area contributed by atoms with Crippen molar-refractivity contribution in [1.29, 1.82) is 0 Å². The molecule has 0 fully saturated rings. The summed E-state index contributed by atoms with van der Waals surface area (Å²) in [5.41, 5.74) is 0. The predicted octanol–water partition coefficient (Wildman–Crippen LogP) is 7.28. The van der Waals surface area contributed by atoms with E-state index in [0.717, 1.165) is 0 Å². The zero-order valence-corrected chi connectivity index (χ0v) is 24.7. The normalized spacial score (nSPS) is 15.6. The molecule has 0 bridgehead atoms. The van der Waals surface area contributed by atoms with Gasteiger partial charge in [0.2, 0.25) is 0 Å². The molecule has 0 spiro atoms. The Balaban J connectivity index is 6.49. The van der Waals surface area contributed by atoms with E-state index < -0.39 is 26.0 Å². The average Bonchev–Trinajstić information content (AvgIpc) is 2.41. The fourth-order valence-electron chi connectivity index (χ4n) is 2.08. The summed E-state index contributed by atoms with van der Waals surface area (Å²) in [6.07, 6.45) is -6.77. The van der Waals surface area contributed by atoms with Crippen LogP contribution >= 0.6 is 25.7 Å². The molecule has 0 atom stereocenters. The SMILES string of the molecule is CC(C)O[PH](OC(C)C)(OC(C)C)[Pd]([Br])[PH](OC(C)C)(OC(C)C)OC(C)C. The second-order valence-corrected chi connectivity index (χ2v) is 32.0. The molecule has 0 N–H and O–H groups in total. The Labute approximate surface area is 185 Å². The van der Waals surface area contributed by atoms with Crippen LogP contribution in [0.4, 0.5) is 0 Å². The molecule has 0 aromatic heterocycles. The van der Waals surface area contributed by atoms with Gasteiger partial charge in [0.25, 0.3) is 0 Å². The molecule has 0 amide bonds. The van der Waals surface area contributed by atoms with E-state index in [9.17, 15) is 0 Å². The number of halogens is 1. The predicted molar refractivity (Wildman–Crippen MR) is 123 cm³/mol. The van der Waals surface area contributed by atoms with E-state index in [0.29, 0.717) is 0 Å². The Morgan fingerprint density at radius 1 is 0.429 bits per heavy atom. The fraction of sp³-hybridized carbons (Fsp3) is 1.00.